The minimum absolute atomic E-state index is 0.300. The Morgan fingerprint density at radius 2 is 2.10 bits per heavy atom. The van der Waals surface area contributed by atoms with E-state index >= 15 is 0 Å². The van der Waals surface area contributed by atoms with Crippen LogP contribution in [-0.2, 0) is 4.74 Å². The maximum Gasteiger partial charge on any atom is 0.106 e. The van der Waals surface area contributed by atoms with Gasteiger partial charge in [-0.25, -0.2) is 0 Å². The van der Waals surface area contributed by atoms with Gasteiger partial charge in [0.15, 0.2) is 0 Å². The Balaban J connectivity index is 2.19. The monoisotopic (exact) mass is 274 g/mol. The van der Waals surface area contributed by atoms with Crippen LogP contribution in [-0.4, -0.2) is 6.10 Å². The Hall–Kier alpha value is -0.980. The van der Waals surface area contributed by atoms with Gasteiger partial charge in [-0.05, 0) is 36.2 Å². The number of hydrogen-bond acceptors (Lipinski definition) is 1. The van der Waals surface area contributed by atoms with E-state index in [4.69, 9.17) is 4.74 Å². The molecule has 112 valence electrons. The smallest absolute Gasteiger partial charge is 0.106 e. The SMILES string of the molecule is C=C(O[C@H]1C[C@H](C)C=C2C=C[C@@H](C)[C@H](C)C21)[C@@H](C)CC. The van der Waals surface area contributed by atoms with Gasteiger partial charge in [0.2, 0.25) is 0 Å². The Labute approximate surface area is 124 Å². The first-order valence-electron chi connectivity index (χ1n) is 8.19. The van der Waals surface area contributed by atoms with E-state index in [1.165, 1.54) is 5.57 Å². The largest absolute Gasteiger partial charge is 0.494 e. The van der Waals surface area contributed by atoms with E-state index in [0.29, 0.717) is 35.7 Å². The summed E-state index contributed by atoms with van der Waals surface area (Å²) in [4.78, 5) is 0. The number of ether oxygens (including phenoxy) is 1. The standard InChI is InChI=1S/C19H30O/c1-7-13(3)16(6)20-18-11-12(2)10-17-9-8-14(4)15(5)19(17)18/h8-10,12-15,18-19H,6-7,11H2,1-5H3/t12-,13+,14-,15+,18+,19?/m1/s1. The maximum atomic E-state index is 6.33. The number of allylic oxidation sites excluding steroid dienone is 4. The van der Waals surface area contributed by atoms with Gasteiger partial charge >= 0.3 is 0 Å². The highest BCUT2D eigenvalue weighted by Gasteiger charge is 2.38. The predicted molar refractivity (Wildman–Crippen MR) is 86.3 cm³/mol. The van der Waals surface area contributed by atoms with Crippen molar-refractivity contribution < 1.29 is 4.74 Å². The summed E-state index contributed by atoms with van der Waals surface area (Å²) in [7, 11) is 0. The molecule has 0 radical (unpaired) electrons. The van der Waals surface area contributed by atoms with Crippen molar-refractivity contribution in [2.24, 2.45) is 29.6 Å². The van der Waals surface area contributed by atoms with Crippen molar-refractivity contribution >= 4 is 0 Å². The molecule has 0 saturated carbocycles. The van der Waals surface area contributed by atoms with Gasteiger partial charge in [0.05, 0.1) is 5.76 Å². The highest BCUT2D eigenvalue weighted by molar-refractivity contribution is 5.31. The molecule has 0 N–H and O–H groups in total. The second-order valence-electron chi connectivity index (χ2n) is 6.91. The van der Waals surface area contributed by atoms with Crippen molar-refractivity contribution in [1.82, 2.24) is 0 Å². The molecule has 0 aromatic rings. The van der Waals surface area contributed by atoms with E-state index < -0.39 is 0 Å². The van der Waals surface area contributed by atoms with E-state index in [1.807, 2.05) is 0 Å². The molecule has 20 heavy (non-hydrogen) atoms. The average molecular weight is 274 g/mol. The summed E-state index contributed by atoms with van der Waals surface area (Å²) in [5, 5.41) is 0. The summed E-state index contributed by atoms with van der Waals surface area (Å²) < 4.78 is 6.33. The van der Waals surface area contributed by atoms with Crippen LogP contribution in [0.2, 0.25) is 0 Å². The molecule has 0 heterocycles. The lowest BCUT2D eigenvalue weighted by molar-refractivity contribution is 0.0171. The molecule has 2 aliphatic carbocycles. The molecule has 0 fully saturated rings. The molecule has 0 aromatic carbocycles. The van der Waals surface area contributed by atoms with E-state index in [2.05, 4.69) is 59.4 Å². The molecule has 1 unspecified atom stereocenters. The van der Waals surface area contributed by atoms with Crippen molar-refractivity contribution in [1.29, 1.82) is 0 Å². The van der Waals surface area contributed by atoms with Gasteiger partial charge in [0.1, 0.15) is 6.10 Å². The third kappa shape index (κ3) is 3.02. The normalized spacial score (nSPS) is 37.9. The predicted octanol–water partition coefficient (Wildman–Crippen LogP) is 5.36. The number of hydrogen-bond donors (Lipinski definition) is 0. The molecule has 6 atom stereocenters. The zero-order chi connectivity index (χ0) is 14.9. The summed E-state index contributed by atoms with van der Waals surface area (Å²) in [5.41, 5.74) is 1.48. The van der Waals surface area contributed by atoms with Gasteiger partial charge < -0.3 is 4.74 Å². The minimum Gasteiger partial charge on any atom is -0.494 e. The highest BCUT2D eigenvalue weighted by atomic mass is 16.5. The van der Waals surface area contributed by atoms with Crippen molar-refractivity contribution in [2.45, 2.75) is 53.6 Å². The number of rotatable bonds is 4. The maximum absolute atomic E-state index is 6.33. The first kappa shape index (κ1) is 15.4. The summed E-state index contributed by atoms with van der Waals surface area (Å²) in [6.45, 7) is 15.5. The first-order chi connectivity index (χ1) is 9.43. The number of fused-ring (bicyclic) bond motifs is 1. The van der Waals surface area contributed by atoms with E-state index in [1.54, 1.807) is 0 Å². The van der Waals surface area contributed by atoms with Crippen molar-refractivity contribution in [2.75, 3.05) is 0 Å². The molecule has 0 saturated heterocycles. The summed E-state index contributed by atoms with van der Waals surface area (Å²) in [6.07, 6.45) is 9.64. The topological polar surface area (TPSA) is 9.23 Å². The van der Waals surface area contributed by atoms with Crippen molar-refractivity contribution in [3.05, 3.63) is 36.1 Å². The van der Waals surface area contributed by atoms with Gasteiger partial charge in [-0.2, -0.15) is 0 Å². The van der Waals surface area contributed by atoms with Crippen LogP contribution in [0.3, 0.4) is 0 Å². The molecular weight excluding hydrogens is 244 g/mol. The fourth-order valence-corrected chi connectivity index (χ4v) is 3.47. The van der Waals surface area contributed by atoms with Crippen molar-refractivity contribution in [3.63, 3.8) is 0 Å². The van der Waals surface area contributed by atoms with Crippen LogP contribution in [0.4, 0.5) is 0 Å². The molecule has 2 rings (SSSR count). The fourth-order valence-electron chi connectivity index (χ4n) is 3.47. The third-order valence-corrected chi connectivity index (χ3v) is 5.32. The van der Waals surface area contributed by atoms with Crippen molar-refractivity contribution in [3.8, 4) is 0 Å². The second kappa shape index (κ2) is 6.20. The van der Waals surface area contributed by atoms with Crippen LogP contribution in [0.15, 0.2) is 36.1 Å². The molecule has 0 aromatic heterocycles. The van der Waals surface area contributed by atoms with Crippen LogP contribution in [0.5, 0.6) is 0 Å². The first-order valence-corrected chi connectivity index (χ1v) is 8.19. The second-order valence-corrected chi connectivity index (χ2v) is 6.91. The molecule has 2 aliphatic rings. The van der Waals surface area contributed by atoms with Gasteiger partial charge in [-0.3, -0.25) is 0 Å². The Bertz CT molecular complexity index is 417. The summed E-state index contributed by atoms with van der Waals surface area (Å²) in [5.74, 6) is 3.84. The van der Waals surface area contributed by atoms with Crippen LogP contribution in [0.1, 0.15) is 47.5 Å². The van der Waals surface area contributed by atoms with Gasteiger partial charge in [-0.1, -0.05) is 59.4 Å². The van der Waals surface area contributed by atoms with Gasteiger partial charge in [0.25, 0.3) is 0 Å². The zero-order valence-corrected chi connectivity index (χ0v) is 13.7. The molecule has 0 spiro atoms. The molecule has 0 bridgehead atoms. The molecule has 1 heteroatoms. The minimum atomic E-state index is 0.300. The highest BCUT2D eigenvalue weighted by Crippen LogP contribution is 2.43. The fraction of sp³-hybridized carbons (Fsp3) is 0.684. The average Bonchev–Trinajstić information content (AvgIpc) is 2.41. The van der Waals surface area contributed by atoms with E-state index in [-0.39, 0.29) is 0 Å². The lowest BCUT2D eigenvalue weighted by Gasteiger charge is -2.42. The Morgan fingerprint density at radius 3 is 2.75 bits per heavy atom. The van der Waals surface area contributed by atoms with Crippen LogP contribution < -0.4 is 0 Å². The molecular formula is C19H30O. The quantitative estimate of drug-likeness (QED) is 0.627. The van der Waals surface area contributed by atoms with Gasteiger partial charge in [-0.15, -0.1) is 0 Å². The van der Waals surface area contributed by atoms with E-state index in [9.17, 15) is 0 Å². The van der Waals surface area contributed by atoms with Crippen LogP contribution >= 0.6 is 0 Å². The summed E-state index contributed by atoms with van der Waals surface area (Å²) >= 11 is 0. The van der Waals surface area contributed by atoms with E-state index in [0.717, 1.165) is 18.6 Å². The Kier molecular flexibility index (Phi) is 4.78. The lowest BCUT2D eigenvalue weighted by atomic mass is 9.67. The van der Waals surface area contributed by atoms with Crippen LogP contribution in [0, 0.1) is 29.6 Å². The Morgan fingerprint density at radius 1 is 1.40 bits per heavy atom. The molecule has 0 aliphatic heterocycles. The zero-order valence-electron chi connectivity index (χ0n) is 13.7. The van der Waals surface area contributed by atoms with Gasteiger partial charge in [0, 0.05) is 11.8 Å². The molecule has 1 nitrogen and oxygen atoms in total. The third-order valence-electron chi connectivity index (χ3n) is 5.32. The van der Waals surface area contributed by atoms with Crippen LogP contribution in [0.25, 0.3) is 0 Å². The summed E-state index contributed by atoms with van der Waals surface area (Å²) in [6, 6.07) is 0. The lowest BCUT2D eigenvalue weighted by Crippen LogP contribution is -2.38. The molecule has 0 amide bonds.